The van der Waals surface area contributed by atoms with E-state index in [1.807, 2.05) is 17.8 Å². The molecule has 0 aromatic carbocycles. The Hall–Kier alpha value is -2.71. The summed E-state index contributed by atoms with van der Waals surface area (Å²) in [5.74, 6) is 1.21. The Morgan fingerprint density at radius 2 is 2.12 bits per heavy atom. The van der Waals surface area contributed by atoms with E-state index in [4.69, 9.17) is 0 Å². The highest BCUT2D eigenvalue weighted by Gasteiger charge is 2.38. The molecule has 2 fully saturated rings. The van der Waals surface area contributed by atoms with Crippen molar-refractivity contribution >= 4 is 11.8 Å². The molecule has 1 aliphatic heterocycles. The van der Waals surface area contributed by atoms with Gasteiger partial charge in [-0.2, -0.15) is 0 Å². The van der Waals surface area contributed by atoms with Gasteiger partial charge in [-0.1, -0.05) is 5.21 Å². The van der Waals surface area contributed by atoms with Gasteiger partial charge in [0.2, 0.25) is 5.91 Å². The van der Waals surface area contributed by atoms with Crippen LogP contribution in [0.3, 0.4) is 0 Å². The van der Waals surface area contributed by atoms with Gasteiger partial charge < -0.3 is 14.8 Å². The maximum atomic E-state index is 12.7. The predicted octanol–water partition coefficient (Wildman–Crippen LogP) is 0.513. The second-order valence-corrected chi connectivity index (χ2v) is 7.23. The van der Waals surface area contributed by atoms with Crippen molar-refractivity contribution in [1.82, 2.24) is 34.8 Å². The number of carbonyl (C=O) groups is 2. The van der Waals surface area contributed by atoms with Crippen LogP contribution in [-0.4, -0.2) is 54.3 Å². The minimum absolute atomic E-state index is 0.0545. The quantitative estimate of drug-likeness (QED) is 0.841. The zero-order valence-electron chi connectivity index (χ0n) is 15.0. The number of carbonyl (C=O) groups excluding carboxylic acids is 2. The smallest absolute Gasteiger partial charge is 0.273 e. The molecular formula is C17H23N7O2. The molecule has 26 heavy (non-hydrogen) atoms. The van der Waals surface area contributed by atoms with E-state index in [1.165, 1.54) is 12.8 Å². The lowest BCUT2D eigenvalue weighted by Gasteiger charge is -2.38. The summed E-state index contributed by atoms with van der Waals surface area (Å²) in [7, 11) is 3.64. The van der Waals surface area contributed by atoms with Crippen LogP contribution in [0.1, 0.15) is 48.0 Å². The molecule has 1 aliphatic carbocycles. The third kappa shape index (κ3) is 3.21. The maximum absolute atomic E-state index is 12.7. The van der Waals surface area contributed by atoms with Gasteiger partial charge in [0.25, 0.3) is 5.91 Å². The van der Waals surface area contributed by atoms with Crippen molar-refractivity contribution in [3.8, 4) is 0 Å². The van der Waals surface area contributed by atoms with E-state index in [9.17, 15) is 9.59 Å². The van der Waals surface area contributed by atoms with E-state index < -0.39 is 0 Å². The van der Waals surface area contributed by atoms with E-state index >= 15 is 0 Å². The standard InChI is InChI=1S/C17H23N7O2/c1-22-8-7-18-16(22)15-12(5-6-14(25)23(15)2)19-17(26)13-10-24(21-20-13)9-11-3-4-11/h7-8,10-12,15H,3-6,9H2,1-2H3,(H,19,26)/t12-,15-/m1/s1. The number of likely N-dealkylation sites (tertiary alicyclic amines) is 1. The molecule has 0 bridgehead atoms. The Morgan fingerprint density at radius 3 is 2.81 bits per heavy atom. The Balaban J connectivity index is 1.51. The van der Waals surface area contributed by atoms with Crippen LogP contribution in [0, 0.1) is 5.92 Å². The Bertz CT molecular complexity index is 823. The van der Waals surface area contributed by atoms with E-state index in [1.54, 1.807) is 29.0 Å². The number of hydrogen-bond donors (Lipinski definition) is 1. The summed E-state index contributed by atoms with van der Waals surface area (Å²) in [6.45, 7) is 0.816. The number of amides is 2. The lowest BCUT2D eigenvalue weighted by molar-refractivity contribution is -0.136. The van der Waals surface area contributed by atoms with Crippen LogP contribution in [-0.2, 0) is 18.4 Å². The molecule has 9 nitrogen and oxygen atoms in total. The highest BCUT2D eigenvalue weighted by molar-refractivity contribution is 5.92. The number of likely N-dealkylation sites (N-methyl/N-ethyl adjacent to an activating group) is 1. The number of aryl methyl sites for hydroxylation is 1. The summed E-state index contributed by atoms with van der Waals surface area (Å²) in [6.07, 6.45) is 8.64. The summed E-state index contributed by atoms with van der Waals surface area (Å²) in [5, 5.41) is 11.1. The van der Waals surface area contributed by atoms with Gasteiger partial charge in [-0.3, -0.25) is 14.3 Å². The molecule has 2 atom stereocenters. The predicted molar refractivity (Wildman–Crippen MR) is 92.0 cm³/mol. The molecule has 1 N–H and O–H groups in total. The summed E-state index contributed by atoms with van der Waals surface area (Å²) in [5.41, 5.74) is 0.309. The Kier molecular flexibility index (Phi) is 4.21. The average Bonchev–Trinajstić information content (AvgIpc) is 3.12. The molecule has 4 rings (SSSR count). The van der Waals surface area contributed by atoms with Crippen molar-refractivity contribution in [2.45, 2.75) is 44.3 Å². The molecule has 1 saturated heterocycles. The topological polar surface area (TPSA) is 97.9 Å². The van der Waals surface area contributed by atoms with Crippen molar-refractivity contribution in [3.63, 3.8) is 0 Å². The molecule has 0 unspecified atom stereocenters. The SMILES string of the molecule is CN1C(=O)CC[C@@H](NC(=O)c2cn(CC3CC3)nn2)[C@@H]1c1nccn1C. The fraction of sp³-hybridized carbons (Fsp3) is 0.588. The summed E-state index contributed by atoms with van der Waals surface area (Å²) < 4.78 is 3.62. The van der Waals surface area contributed by atoms with Crippen molar-refractivity contribution < 1.29 is 9.59 Å². The van der Waals surface area contributed by atoms with Crippen LogP contribution < -0.4 is 5.32 Å². The van der Waals surface area contributed by atoms with Gasteiger partial charge in [0.05, 0.1) is 12.2 Å². The van der Waals surface area contributed by atoms with Crippen LogP contribution in [0.25, 0.3) is 0 Å². The van der Waals surface area contributed by atoms with Crippen LogP contribution in [0.5, 0.6) is 0 Å². The number of nitrogens with zero attached hydrogens (tertiary/aromatic N) is 6. The highest BCUT2D eigenvalue weighted by atomic mass is 16.2. The fourth-order valence-electron chi connectivity index (χ4n) is 3.50. The number of nitrogens with one attached hydrogen (secondary N) is 1. The third-order valence-electron chi connectivity index (χ3n) is 5.21. The highest BCUT2D eigenvalue weighted by Crippen LogP contribution is 2.31. The van der Waals surface area contributed by atoms with E-state index in [-0.39, 0.29) is 23.9 Å². The second kappa shape index (κ2) is 6.54. The summed E-state index contributed by atoms with van der Waals surface area (Å²) in [6, 6.07) is -0.526. The first kappa shape index (κ1) is 16.7. The number of piperidine rings is 1. The maximum Gasteiger partial charge on any atom is 0.273 e. The van der Waals surface area contributed by atoms with E-state index in [0.717, 1.165) is 12.4 Å². The Morgan fingerprint density at radius 1 is 1.31 bits per heavy atom. The third-order valence-corrected chi connectivity index (χ3v) is 5.21. The molecule has 9 heteroatoms. The number of rotatable bonds is 5. The average molecular weight is 357 g/mol. The van der Waals surface area contributed by atoms with Gasteiger partial charge >= 0.3 is 0 Å². The first-order chi connectivity index (χ1) is 12.5. The van der Waals surface area contributed by atoms with Gasteiger partial charge in [0, 0.05) is 39.5 Å². The first-order valence-electron chi connectivity index (χ1n) is 8.97. The van der Waals surface area contributed by atoms with Gasteiger partial charge in [-0.25, -0.2) is 4.98 Å². The van der Waals surface area contributed by atoms with E-state index in [0.29, 0.717) is 24.5 Å². The van der Waals surface area contributed by atoms with Crippen molar-refractivity contribution in [3.05, 3.63) is 30.1 Å². The largest absolute Gasteiger partial charge is 0.345 e. The van der Waals surface area contributed by atoms with Crippen molar-refractivity contribution in [1.29, 1.82) is 0 Å². The summed E-state index contributed by atoms with van der Waals surface area (Å²) in [4.78, 5) is 30.9. The van der Waals surface area contributed by atoms with Gasteiger partial charge in [-0.15, -0.1) is 5.10 Å². The molecule has 2 amide bonds. The molecule has 1 saturated carbocycles. The molecule has 0 radical (unpaired) electrons. The molecule has 138 valence electrons. The normalized spacial score (nSPS) is 23.3. The monoisotopic (exact) mass is 357 g/mol. The molecule has 2 aromatic rings. The first-order valence-corrected chi connectivity index (χ1v) is 8.97. The van der Waals surface area contributed by atoms with Crippen LogP contribution >= 0.6 is 0 Å². The number of hydrogen-bond acceptors (Lipinski definition) is 5. The zero-order chi connectivity index (χ0) is 18.3. The van der Waals surface area contributed by atoms with Gasteiger partial charge in [-0.05, 0) is 25.2 Å². The van der Waals surface area contributed by atoms with Gasteiger partial charge in [0.15, 0.2) is 5.69 Å². The van der Waals surface area contributed by atoms with Gasteiger partial charge in [0.1, 0.15) is 11.9 Å². The van der Waals surface area contributed by atoms with E-state index in [2.05, 4.69) is 20.6 Å². The van der Waals surface area contributed by atoms with Crippen molar-refractivity contribution in [2.75, 3.05) is 7.05 Å². The lowest BCUT2D eigenvalue weighted by atomic mass is 9.95. The molecule has 0 spiro atoms. The minimum atomic E-state index is -0.304. The van der Waals surface area contributed by atoms with Crippen LogP contribution in [0.15, 0.2) is 18.6 Å². The molecule has 2 aromatic heterocycles. The fourth-order valence-corrected chi connectivity index (χ4v) is 3.50. The lowest BCUT2D eigenvalue weighted by Crippen LogP contribution is -2.51. The molecular weight excluding hydrogens is 334 g/mol. The zero-order valence-corrected chi connectivity index (χ0v) is 15.0. The summed E-state index contributed by atoms with van der Waals surface area (Å²) >= 11 is 0. The molecule has 3 heterocycles. The van der Waals surface area contributed by atoms with Crippen LogP contribution in [0.4, 0.5) is 0 Å². The van der Waals surface area contributed by atoms with Crippen molar-refractivity contribution in [2.24, 2.45) is 13.0 Å². The number of imidazole rings is 1. The van der Waals surface area contributed by atoms with Crippen LogP contribution in [0.2, 0.25) is 0 Å². The second-order valence-electron chi connectivity index (χ2n) is 7.23. The number of aromatic nitrogens is 5. The minimum Gasteiger partial charge on any atom is -0.345 e. The Labute approximate surface area is 151 Å². The molecule has 2 aliphatic rings.